The molecule has 4 nitrogen and oxygen atoms in total. The van der Waals surface area contributed by atoms with Crippen molar-refractivity contribution in [1.82, 2.24) is 0 Å². The number of carbonyl (C=O) groups is 2. The highest BCUT2D eigenvalue weighted by atomic mass is 16.4. The van der Waals surface area contributed by atoms with Gasteiger partial charge in [-0.15, -0.1) is 0 Å². The zero-order valence-corrected chi connectivity index (χ0v) is 33.3. The molecule has 0 aliphatic heterocycles. The molecule has 0 radical (unpaired) electrons. The Morgan fingerprint density at radius 2 is 0.380 bits per heavy atom. The van der Waals surface area contributed by atoms with Gasteiger partial charge in [0.25, 0.3) is 0 Å². The van der Waals surface area contributed by atoms with Crippen LogP contribution >= 0.6 is 0 Å². The molecular formula is C46H86O4. The molecule has 0 rings (SSSR count). The van der Waals surface area contributed by atoms with Crippen LogP contribution < -0.4 is 0 Å². The predicted molar refractivity (Wildman–Crippen MR) is 218 cm³/mol. The fraction of sp³-hybridized carbons (Fsp3) is 0.870. The Labute approximate surface area is 312 Å². The maximum absolute atomic E-state index is 10.5. The lowest BCUT2D eigenvalue weighted by Crippen LogP contribution is -1.93. The number of carboxylic acid groups (broad SMARTS) is 2. The number of hydrogen-bond donors (Lipinski definition) is 2. The molecule has 2 N–H and O–H groups in total. The van der Waals surface area contributed by atoms with Gasteiger partial charge < -0.3 is 10.2 Å². The third-order valence-corrected chi connectivity index (χ3v) is 10.3. The Morgan fingerprint density at radius 1 is 0.240 bits per heavy atom. The molecule has 0 spiro atoms. The van der Waals surface area contributed by atoms with Crippen LogP contribution in [0.15, 0.2) is 24.3 Å². The van der Waals surface area contributed by atoms with E-state index in [-0.39, 0.29) is 0 Å². The first kappa shape index (κ1) is 48.4. The average molecular weight is 703 g/mol. The van der Waals surface area contributed by atoms with Gasteiger partial charge in [-0.05, 0) is 64.2 Å². The molecule has 0 aromatic carbocycles. The topological polar surface area (TPSA) is 74.6 Å². The quantitative estimate of drug-likeness (QED) is 0.0490. The number of carboxylic acids is 2. The smallest absolute Gasteiger partial charge is 0.303 e. The molecule has 0 aliphatic rings. The highest BCUT2D eigenvalue weighted by Gasteiger charge is 1.99. The van der Waals surface area contributed by atoms with Gasteiger partial charge in [-0.25, -0.2) is 0 Å². The van der Waals surface area contributed by atoms with Gasteiger partial charge in [0.1, 0.15) is 0 Å². The Bertz CT molecular complexity index is 680. The summed E-state index contributed by atoms with van der Waals surface area (Å²) in [5.41, 5.74) is 0. The van der Waals surface area contributed by atoms with Crippen LogP contribution in [0.5, 0.6) is 0 Å². The lowest BCUT2D eigenvalue weighted by molar-refractivity contribution is -0.138. The van der Waals surface area contributed by atoms with Crippen molar-refractivity contribution >= 4 is 11.9 Å². The second-order valence-corrected chi connectivity index (χ2v) is 15.4. The lowest BCUT2D eigenvalue weighted by atomic mass is 10.0. The van der Waals surface area contributed by atoms with Crippen LogP contribution in [0.25, 0.3) is 0 Å². The minimum atomic E-state index is -0.657. The van der Waals surface area contributed by atoms with Gasteiger partial charge in [0.15, 0.2) is 0 Å². The van der Waals surface area contributed by atoms with E-state index in [0.29, 0.717) is 12.8 Å². The van der Waals surface area contributed by atoms with Gasteiger partial charge in [-0.3, -0.25) is 9.59 Å². The molecule has 0 saturated carbocycles. The van der Waals surface area contributed by atoms with Crippen LogP contribution in [-0.2, 0) is 9.59 Å². The molecule has 0 atom stereocenters. The van der Waals surface area contributed by atoms with E-state index in [0.717, 1.165) is 25.7 Å². The Balaban J connectivity index is 3.14. The van der Waals surface area contributed by atoms with Crippen molar-refractivity contribution in [3.8, 4) is 0 Å². The molecule has 0 aromatic rings. The summed E-state index contributed by atoms with van der Waals surface area (Å²) in [5, 5.41) is 17.3. The first-order valence-corrected chi connectivity index (χ1v) is 22.4. The molecule has 0 fully saturated rings. The Kier molecular flexibility index (Phi) is 42.2. The molecular weight excluding hydrogens is 617 g/mol. The number of rotatable bonds is 43. The van der Waals surface area contributed by atoms with Crippen molar-refractivity contribution in [2.24, 2.45) is 0 Å². The molecule has 0 heterocycles. The van der Waals surface area contributed by atoms with E-state index in [2.05, 4.69) is 24.3 Å². The van der Waals surface area contributed by atoms with E-state index in [1.54, 1.807) is 0 Å². The Morgan fingerprint density at radius 3 is 0.540 bits per heavy atom. The van der Waals surface area contributed by atoms with Gasteiger partial charge in [0.05, 0.1) is 0 Å². The molecule has 4 heteroatoms. The van der Waals surface area contributed by atoms with Crippen LogP contribution in [-0.4, -0.2) is 22.2 Å². The molecule has 0 unspecified atom stereocenters. The van der Waals surface area contributed by atoms with Crippen LogP contribution in [0.3, 0.4) is 0 Å². The first-order valence-electron chi connectivity index (χ1n) is 22.4. The molecule has 0 aromatic heterocycles. The maximum Gasteiger partial charge on any atom is 0.303 e. The van der Waals surface area contributed by atoms with E-state index in [1.807, 2.05) is 0 Å². The van der Waals surface area contributed by atoms with Crippen molar-refractivity contribution in [1.29, 1.82) is 0 Å². The second kappa shape index (κ2) is 43.6. The van der Waals surface area contributed by atoms with Crippen LogP contribution in [0.1, 0.15) is 257 Å². The standard InChI is InChI=1S/C46H86O4/c47-45(48)43-41-39-37-35-33-31-29-27-25-23-21-19-17-15-13-11-9-7-5-3-1-2-4-6-8-10-12-14-16-18-20-22-24-26-28-30-32-34-36-38-40-42-44-46(49)50/h19-22H,1-18,23-44H2,(H,47,48)(H,49,50). The van der Waals surface area contributed by atoms with Gasteiger partial charge in [0, 0.05) is 12.8 Å². The summed E-state index contributed by atoms with van der Waals surface area (Å²) in [6, 6.07) is 0. The van der Waals surface area contributed by atoms with Gasteiger partial charge in [-0.1, -0.05) is 204 Å². The summed E-state index contributed by atoms with van der Waals surface area (Å²) in [6.07, 6.45) is 60.4. The van der Waals surface area contributed by atoms with Gasteiger partial charge >= 0.3 is 11.9 Å². The highest BCUT2D eigenvalue weighted by Crippen LogP contribution is 2.16. The van der Waals surface area contributed by atoms with E-state index in [4.69, 9.17) is 10.2 Å². The van der Waals surface area contributed by atoms with Crippen molar-refractivity contribution in [2.45, 2.75) is 257 Å². The molecule has 0 amide bonds. The Hall–Kier alpha value is -1.58. The zero-order valence-electron chi connectivity index (χ0n) is 33.3. The SMILES string of the molecule is O=C(O)CCCCCCCCCCCC=CCCCCCCCCCCCCCCCCCCC=CCCCCCCCCCCCC(=O)O. The summed E-state index contributed by atoms with van der Waals surface area (Å²) < 4.78 is 0. The summed E-state index contributed by atoms with van der Waals surface area (Å²) in [6.45, 7) is 0. The summed E-state index contributed by atoms with van der Waals surface area (Å²) >= 11 is 0. The summed E-state index contributed by atoms with van der Waals surface area (Å²) in [5.74, 6) is -1.31. The molecule has 294 valence electrons. The molecule has 0 saturated heterocycles. The highest BCUT2D eigenvalue weighted by molar-refractivity contribution is 5.66. The van der Waals surface area contributed by atoms with Gasteiger partial charge in [0.2, 0.25) is 0 Å². The van der Waals surface area contributed by atoms with Crippen LogP contribution in [0, 0.1) is 0 Å². The maximum atomic E-state index is 10.5. The number of aliphatic carboxylic acids is 2. The number of hydrogen-bond acceptors (Lipinski definition) is 2. The minimum absolute atomic E-state index is 0.335. The predicted octanol–water partition coefficient (Wildman–Crippen LogP) is 15.9. The average Bonchev–Trinajstić information content (AvgIpc) is 3.10. The molecule has 50 heavy (non-hydrogen) atoms. The normalized spacial score (nSPS) is 11.8. The number of unbranched alkanes of at least 4 members (excludes halogenated alkanes) is 35. The zero-order chi connectivity index (χ0) is 36.3. The fourth-order valence-corrected chi connectivity index (χ4v) is 7.02. The van der Waals surface area contributed by atoms with E-state index >= 15 is 0 Å². The summed E-state index contributed by atoms with van der Waals surface area (Å²) in [4.78, 5) is 21.0. The fourth-order valence-electron chi connectivity index (χ4n) is 7.02. The van der Waals surface area contributed by atoms with E-state index in [9.17, 15) is 9.59 Å². The second-order valence-electron chi connectivity index (χ2n) is 15.4. The largest absolute Gasteiger partial charge is 0.481 e. The monoisotopic (exact) mass is 703 g/mol. The van der Waals surface area contributed by atoms with E-state index in [1.165, 1.54) is 218 Å². The third kappa shape index (κ3) is 46.4. The van der Waals surface area contributed by atoms with Crippen molar-refractivity contribution in [3.05, 3.63) is 24.3 Å². The first-order chi connectivity index (χ1) is 24.6. The molecule has 0 bridgehead atoms. The van der Waals surface area contributed by atoms with Crippen molar-refractivity contribution < 1.29 is 19.8 Å². The van der Waals surface area contributed by atoms with Crippen LogP contribution in [0.4, 0.5) is 0 Å². The number of allylic oxidation sites excluding steroid dienone is 4. The van der Waals surface area contributed by atoms with Crippen molar-refractivity contribution in [3.63, 3.8) is 0 Å². The lowest BCUT2D eigenvalue weighted by Gasteiger charge is -2.03. The van der Waals surface area contributed by atoms with Gasteiger partial charge in [-0.2, -0.15) is 0 Å². The van der Waals surface area contributed by atoms with Crippen molar-refractivity contribution in [2.75, 3.05) is 0 Å². The third-order valence-electron chi connectivity index (χ3n) is 10.3. The van der Waals surface area contributed by atoms with Crippen LogP contribution in [0.2, 0.25) is 0 Å². The van der Waals surface area contributed by atoms with E-state index < -0.39 is 11.9 Å². The minimum Gasteiger partial charge on any atom is -0.481 e. The summed E-state index contributed by atoms with van der Waals surface area (Å²) in [7, 11) is 0. The molecule has 0 aliphatic carbocycles.